The second kappa shape index (κ2) is 7.32. The normalized spacial score (nSPS) is 15.3. The highest BCUT2D eigenvalue weighted by molar-refractivity contribution is 7.14. The van der Waals surface area contributed by atoms with E-state index in [4.69, 9.17) is 0 Å². The minimum Gasteiger partial charge on any atom is -0.336 e. The minimum absolute atomic E-state index is 0.0510. The Morgan fingerprint density at radius 1 is 1.44 bits per heavy atom. The third-order valence-electron chi connectivity index (χ3n) is 3.84. The summed E-state index contributed by atoms with van der Waals surface area (Å²) in [5.74, 6) is -1.83. The average molecular weight is 395 g/mol. The van der Waals surface area contributed by atoms with Gasteiger partial charge in [0.15, 0.2) is 10.9 Å². The van der Waals surface area contributed by atoms with Crippen LogP contribution in [0.5, 0.6) is 0 Å². The number of nitrogens with one attached hydrogen (secondary N) is 1. The van der Waals surface area contributed by atoms with Gasteiger partial charge < -0.3 is 5.32 Å². The molecule has 0 aliphatic carbocycles. The summed E-state index contributed by atoms with van der Waals surface area (Å²) in [6.07, 6.45) is -4.14. The van der Waals surface area contributed by atoms with Crippen molar-refractivity contribution in [3.8, 4) is 6.07 Å². The zero-order valence-electron chi connectivity index (χ0n) is 13.7. The maximum Gasteiger partial charge on any atom is 0.417 e. The van der Waals surface area contributed by atoms with E-state index in [1.165, 1.54) is 16.2 Å². The van der Waals surface area contributed by atoms with Gasteiger partial charge in [0.05, 0.1) is 29.4 Å². The fourth-order valence-corrected chi connectivity index (χ4v) is 3.33. The van der Waals surface area contributed by atoms with Crippen LogP contribution >= 0.6 is 11.3 Å². The number of thiazole rings is 1. The number of ketones is 1. The van der Waals surface area contributed by atoms with Crippen LogP contribution in [0.3, 0.4) is 0 Å². The standard InChI is InChI=1S/C16H12F3N5O2S/c17-16(18,19)9-1-2-12(22-7-9)11(6-20)13(25)5-10-8-27-15(23-10)24-4-3-21-14(24)26/h1-2,7-8,11H,3-5H2,(H,21,26)/t11-/m1/s1. The summed E-state index contributed by atoms with van der Waals surface area (Å²) in [6.45, 7) is 0.971. The number of urea groups is 1. The lowest BCUT2D eigenvalue weighted by Crippen LogP contribution is -2.27. The van der Waals surface area contributed by atoms with E-state index in [0.29, 0.717) is 30.1 Å². The number of rotatable bonds is 5. The van der Waals surface area contributed by atoms with Crippen LogP contribution in [0.15, 0.2) is 23.7 Å². The smallest absolute Gasteiger partial charge is 0.336 e. The monoisotopic (exact) mass is 395 g/mol. The van der Waals surface area contributed by atoms with Crippen LogP contribution in [0.4, 0.5) is 23.1 Å². The number of nitrogens with zero attached hydrogens (tertiary/aromatic N) is 4. The Balaban J connectivity index is 1.72. The molecule has 0 aromatic carbocycles. The summed E-state index contributed by atoms with van der Waals surface area (Å²) in [4.78, 5) is 33.3. The topological polar surface area (TPSA) is 99.0 Å². The number of hydrogen-bond donors (Lipinski definition) is 1. The molecule has 0 unspecified atom stereocenters. The Labute approximate surface area is 155 Å². The molecule has 0 radical (unpaired) electrons. The van der Waals surface area contributed by atoms with Crippen molar-refractivity contribution in [3.63, 3.8) is 0 Å². The quantitative estimate of drug-likeness (QED) is 0.839. The molecule has 1 saturated heterocycles. The molecule has 3 heterocycles. The average Bonchev–Trinajstić information content (AvgIpc) is 3.24. The zero-order valence-corrected chi connectivity index (χ0v) is 14.5. The van der Waals surface area contributed by atoms with Crippen LogP contribution in [0.25, 0.3) is 0 Å². The fourth-order valence-electron chi connectivity index (χ4n) is 2.48. The number of halogens is 3. The largest absolute Gasteiger partial charge is 0.417 e. The summed E-state index contributed by atoms with van der Waals surface area (Å²) >= 11 is 1.19. The first-order valence-corrected chi connectivity index (χ1v) is 8.63. The van der Waals surface area contributed by atoms with Gasteiger partial charge in [0.25, 0.3) is 0 Å². The summed E-state index contributed by atoms with van der Waals surface area (Å²) in [5.41, 5.74) is -0.625. The Bertz CT molecular complexity index is 904. The molecule has 2 amide bonds. The molecule has 0 spiro atoms. The summed E-state index contributed by atoms with van der Waals surface area (Å²) in [6, 6.07) is 3.31. The maximum absolute atomic E-state index is 12.6. The number of pyridine rings is 1. The van der Waals surface area contributed by atoms with E-state index in [1.54, 1.807) is 11.4 Å². The van der Waals surface area contributed by atoms with Gasteiger partial charge in [0, 0.05) is 24.7 Å². The van der Waals surface area contributed by atoms with Crippen LogP contribution in [-0.2, 0) is 17.4 Å². The number of nitriles is 1. The van der Waals surface area contributed by atoms with Gasteiger partial charge >= 0.3 is 12.2 Å². The number of carbonyl (C=O) groups excluding carboxylic acids is 2. The van der Waals surface area contributed by atoms with E-state index in [0.717, 1.165) is 12.1 Å². The Kier molecular flexibility index (Phi) is 5.09. The van der Waals surface area contributed by atoms with Gasteiger partial charge in [0.1, 0.15) is 5.92 Å². The van der Waals surface area contributed by atoms with Crippen molar-refractivity contribution in [2.75, 3.05) is 18.0 Å². The van der Waals surface area contributed by atoms with Gasteiger partial charge in [-0.3, -0.25) is 14.7 Å². The third-order valence-corrected chi connectivity index (χ3v) is 4.76. The van der Waals surface area contributed by atoms with Crippen molar-refractivity contribution in [1.82, 2.24) is 15.3 Å². The van der Waals surface area contributed by atoms with Crippen molar-refractivity contribution >= 4 is 28.3 Å². The Morgan fingerprint density at radius 3 is 2.78 bits per heavy atom. The van der Waals surface area contributed by atoms with E-state index in [9.17, 15) is 28.0 Å². The first-order chi connectivity index (χ1) is 12.8. The molecule has 0 bridgehead atoms. The molecule has 1 fully saturated rings. The lowest BCUT2D eigenvalue weighted by atomic mass is 9.97. The van der Waals surface area contributed by atoms with Crippen LogP contribution < -0.4 is 10.2 Å². The highest BCUT2D eigenvalue weighted by Crippen LogP contribution is 2.29. The minimum atomic E-state index is -4.55. The molecule has 0 saturated carbocycles. The number of anilines is 1. The van der Waals surface area contributed by atoms with E-state index < -0.39 is 23.4 Å². The number of alkyl halides is 3. The number of carbonyl (C=O) groups is 2. The lowest BCUT2D eigenvalue weighted by Gasteiger charge is -2.10. The van der Waals surface area contributed by atoms with Crippen LogP contribution in [0.1, 0.15) is 22.9 Å². The molecule has 2 aromatic heterocycles. The van der Waals surface area contributed by atoms with Crippen molar-refractivity contribution < 1.29 is 22.8 Å². The van der Waals surface area contributed by atoms with E-state index in [1.807, 2.05) is 0 Å². The second-order valence-electron chi connectivity index (χ2n) is 5.68. The molecular weight excluding hydrogens is 383 g/mol. The van der Waals surface area contributed by atoms with Gasteiger partial charge in [-0.25, -0.2) is 9.78 Å². The fraction of sp³-hybridized carbons (Fsp3) is 0.312. The molecule has 7 nitrogen and oxygen atoms in total. The van der Waals surface area contributed by atoms with Gasteiger partial charge in [-0.2, -0.15) is 18.4 Å². The molecule has 1 aliphatic heterocycles. The highest BCUT2D eigenvalue weighted by atomic mass is 32.1. The van der Waals surface area contributed by atoms with Gasteiger partial charge in [0.2, 0.25) is 0 Å². The molecule has 1 atom stereocenters. The molecule has 1 aliphatic rings. The van der Waals surface area contributed by atoms with Gasteiger partial charge in [-0.1, -0.05) is 0 Å². The highest BCUT2D eigenvalue weighted by Gasteiger charge is 2.32. The Hall–Kier alpha value is -3.00. The second-order valence-corrected chi connectivity index (χ2v) is 6.52. The number of Topliss-reactive ketones (excluding diaryl/α,β-unsaturated/α-hetero) is 1. The molecule has 1 N–H and O–H groups in total. The maximum atomic E-state index is 12.6. The zero-order chi connectivity index (χ0) is 19.6. The number of hydrogen-bond acceptors (Lipinski definition) is 6. The van der Waals surface area contributed by atoms with E-state index in [-0.39, 0.29) is 18.1 Å². The molecule has 27 heavy (non-hydrogen) atoms. The van der Waals surface area contributed by atoms with Crippen molar-refractivity contribution in [1.29, 1.82) is 5.26 Å². The Morgan fingerprint density at radius 2 is 2.22 bits per heavy atom. The van der Waals surface area contributed by atoms with Crippen LogP contribution in [-0.4, -0.2) is 34.9 Å². The summed E-state index contributed by atoms with van der Waals surface area (Å²) < 4.78 is 37.8. The van der Waals surface area contributed by atoms with E-state index in [2.05, 4.69) is 15.3 Å². The van der Waals surface area contributed by atoms with Crippen LogP contribution in [0.2, 0.25) is 0 Å². The molecule has 3 rings (SSSR count). The molecular formula is C16H12F3N5O2S. The predicted molar refractivity (Wildman–Crippen MR) is 89.2 cm³/mol. The predicted octanol–water partition coefficient (Wildman–Crippen LogP) is 2.51. The third kappa shape index (κ3) is 4.06. The summed E-state index contributed by atoms with van der Waals surface area (Å²) in [7, 11) is 0. The van der Waals surface area contributed by atoms with Gasteiger partial charge in [-0.05, 0) is 12.1 Å². The number of amides is 2. The van der Waals surface area contributed by atoms with Crippen molar-refractivity contribution in [2.24, 2.45) is 0 Å². The molecule has 11 heteroatoms. The molecule has 2 aromatic rings. The SMILES string of the molecule is N#C[C@@H](C(=O)Cc1csc(N2CCNC2=O)n1)c1ccc(C(F)(F)F)cn1. The first kappa shape index (κ1) is 18.8. The van der Waals surface area contributed by atoms with Crippen LogP contribution in [0, 0.1) is 11.3 Å². The lowest BCUT2D eigenvalue weighted by molar-refractivity contribution is -0.137. The van der Waals surface area contributed by atoms with Crippen molar-refractivity contribution in [2.45, 2.75) is 18.5 Å². The first-order valence-electron chi connectivity index (χ1n) is 7.75. The van der Waals surface area contributed by atoms with Crippen molar-refractivity contribution in [3.05, 3.63) is 40.7 Å². The number of aromatic nitrogens is 2. The van der Waals surface area contributed by atoms with E-state index >= 15 is 0 Å². The molecule has 140 valence electrons. The summed E-state index contributed by atoms with van der Waals surface area (Å²) in [5, 5.41) is 13.9. The van der Waals surface area contributed by atoms with Gasteiger partial charge in [-0.15, -0.1) is 11.3 Å².